The highest BCUT2D eigenvalue weighted by atomic mass is 79.9. The molecule has 1 rings (SSSR count). The van der Waals surface area contributed by atoms with E-state index >= 15 is 0 Å². The van der Waals surface area contributed by atoms with Gasteiger partial charge in [-0.05, 0) is 38.5 Å². The van der Waals surface area contributed by atoms with E-state index in [1.807, 2.05) is 45.0 Å². The van der Waals surface area contributed by atoms with Gasteiger partial charge in [-0.2, -0.15) is 0 Å². The third-order valence-corrected chi connectivity index (χ3v) is 2.48. The molecule has 0 spiro atoms. The van der Waals surface area contributed by atoms with Crippen LogP contribution in [-0.4, -0.2) is 11.4 Å². The molecule has 15 heavy (non-hydrogen) atoms. The lowest BCUT2D eigenvalue weighted by molar-refractivity contribution is 0.0919. The summed E-state index contributed by atoms with van der Waals surface area (Å²) >= 11 is 3.37. The van der Waals surface area contributed by atoms with E-state index in [4.69, 9.17) is 0 Å². The molecule has 0 aliphatic carbocycles. The highest BCUT2D eigenvalue weighted by molar-refractivity contribution is 9.08. The lowest BCUT2D eigenvalue weighted by atomic mass is 10.1. The number of hydrogen-bond acceptors (Lipinski definition) is 1. The summed E-state index contributed by atoms with van der Waals surface area (Å²) in [5, 5.41) is 3.70. The number of halogens is 1. The minimum absolute atomic E-state index is 0.0229. The third kappa shape index (κ3) is 4.04. The van der Waals surface area contributed by atoms with Crippen molar-refractivity contribution in [3.8, 4) is 0 Å². The predicted octanol–water partition coefficient (Wildman–Crippen LogP) is 3.11. The molecule has 0 aromatic heterocycles. The molecule has 0 saturated heterocycles. The van der Waals surface area contributed by atoms with Gasteiger partial charge in [0.05, 0.1) is 0 Å². The maximum absolute atomic E-state index is 11.8. The molecule has 82 valence electrons. The summed E-state index contributed by atoms with van der Waals surface area (Å²) < 4.78 is 0. The third-order valence-electron chi connectivity index (χ3n) is 1.83. The summed E-state index contributed by atoms with van der Waals surface area (Å²) in [4.78, 5) is 11.8. The fourth-order valence-corrected chi connectivity index (χ4v) is 1.56. The Balaban J connectivity index is 2.82. The Kier molecular flexibility index (Phi) is 3.91. The average molecular weight is 270 g/mol. The first-order chi connectivity index (χ1) is 6.92. The van der Waals surface area contributed by atoms with Crippen molar-refractivity contribution >= 4 is 21.8 Å². The first-order valence-electron chi connectivity index (χ1n) is 4.90. The number of nitrogens with one attached hydrogen (secondary N) is 1. The number of hydrogen-bond donors (Lipinski definition) is 1. The van der Waals surface area contributed by atoms with Crippen LogP contribution < -0.4 is 5.32 Å². The lowest BCUT2D eigenvalue weighted by Crippen LogP contribution is -2.40. The van der Waals surface area contributed by atoms with Crippen LogP contribution in [0.15, 0.2) is 24.3 Å². The Morgan fingerprint density at radius 3 is 2.60 bits per heavy atom. The molecule has 0 unspecified atom stereocenters. The van der Waals surface area contributed by atoms with Crippen LogP contribution in [0.25, 0.3) is 0 Å². The SMILES string of the molecule is CC(C)(C)NC(=O)c1cccc(CBr)c1. The molecule has 0 saturated carbocycles. The fraction of sp³-hybridized carbons (Fsp3) is 0.417. The molecule has 1 aromatic rings. The van der Waals surface area contributed by atoms with Crippen LogP contribution >= 0.6 is 15.9 Å². The van der Waals surface area contributed by atoms with Crippen molar-refractivity contribution in [2.24, 2.45) is 0 Å². The number of alkyl halides is 1. The van der Waals surface area contributed by atoms with Gasteiger partial charge < -0.3 is 5.32 Å². The van der Waals surface area contributed by atoms with Gasteiger partial charge >= 0.3 is 0 Å². The zero-order valence-electron chi connectivity index (χ0n) is 9.30. The molecule has 0 heterocycles. The van der Waals surface area contributed by atoms with Gasteiger partial charge in [-0.3, -0.25) is 4.79 Å². The monoisotopic (exact) mass is 269 g/mol. The van der Waals surface area contributed by atoms with Gasteiger partial charge in [0.1, 0.15) is 0 Å². The summed E-state index contributed by atoms with van der Waals surface area (Å²) in [5.74, 6) is -0.0229. The molecule has 0 fully saturated rings. The normalized spacial score (nSPS) is 11.2. The zero-order chi connectivity index (χ0) is 11.5. The van der Waals surface area contributed by atoms with Gasteiger partial charge in [-0.25, -0.2) is 0 Å². The summed E-state index contributed by atoms with van der Waals surface area (Å²) in [6.07, 6.45) is 0. The molecular formula is C12H16BrNO. The second kappa shape index (κ2) is 4.79. The van der Waals surface area contributed by atoms with E-state index in [9.17, 15) is 4.79 Å². The quantitative estimate of drug-likeness (QED) is 0.822. The van der Waals surface area contributed by atoms with Gasteiger partial charge in [0.25, 0.3) is 5.91 Å². The molecule has 0 aliphatic rings. The molecule has 0 radical (unpaired) electrons. The van der Waals surface area contributed by atoms with E-state index in [1.54, 1.807) is 0 Å². The first kappa shape index (κ1) is 12.2. The Bertz CT molecular complexity index is 355. The Labute approximate surface area is 99.2 Å². The smallest absolute Gasteiger partial charge is 0.251 e. The van der Waals surface area contributed by atoms with Crippen molar-refractivity contribution < 1.29 is 4.79 Å². The standard InChI is InChI=1S/C12H16BrNO/c1-12(2,3)14-11(15)10-6-4-5-9(7-10)8-13/h4-7H,8H2,1-3H3,(H,14,15). The van der Waals surface area contributed by atoms with E-state index in [0.717, 1.165) is 10.9 Å². The van der Waals surface area contributed by atoms with Crippen LogP contribution in [0.4, 0.5) is 0 Å². The lowest BCUT2D eigenvalue weighted by Gasteiger charge is -2.20. The molecule has 0 aliphatic heterocycles. The molecule has 0 bridgehead atoms. The molecule has 2 nitrogen and oxygen atoms in total. The Hall–Kier alpha value is -0.830. The predicted molar refractivity (Wildman–Crippen MR) is 66.3 cm³/mol. The molecule has 1 N–H and O–H groups in total. The van der Waals surface area contributed by atoms with Crippen LogP contribution in [-0.2, 0) is 5.33 Å². The first-order valence-corrected chi connectivity index (χ1v) is 6.02. The van der Waals surface area contributed by atoms with E-state index in [2.05, 4.69) is 21.2 Å². The summed E-state index contributed by atoms with van der Waals surface area (Å²) in [7, 11) is 0. The summed E-state index contributed by atoms with van der Waals surface area (Å²) in [6, 6.07) is 7.61. The van der Waals surface area contributed by atoms with Gasteiger partial charge in [-0.1, -0.05) is 28.1 Å². The van der Waals surface area contributed by atoms with E-state index < -0.39 is 0 Å². The fourth-order valence-electron chi connectivity index (χ4n) is 1.21. The van der Waals surface area contributed by atoms with E-state index in [-0.39, 0.29) is 11.4 Å². The number of carbonyl (C=O) groups is 1. The molecular weight excluding hydrogens is 254 g/mol. The summed E-state index contributed by atoms with van der Waals surface area (Å²) in [5.41, 5.74) is 1.63. The molecule has 1 amide bonds. The molecule has 3 heteroatoms. The van der Waals surface area contributed by atoms with Crippen molar-refractivity contribution in [2.75, 3.05) is 0 Å². The molecule has 1 aromatic carbocycles. The highest BCUT2D eigenvalue weighted by Crippen LogP contribution is 2.10. The molecule has 0 atom stereocenters. The van der Waals surface area contributed by atoms with Gasteiger partial charge in [0, 0.05) is 16.4 Å². The van der Waals surface area contributed by atoms with E-state index in [1.165, 1.54) is 0 Å². The maximum atomic E-state index is 11.8. The van der Waals surface area contributed by atoms with Crippen molar-refractivity contribution in [1.29, 1.82) is 0 Å². The van der Waals surface area contributed by atoms with E-state index in [0.29, 0.717) is 5.56 Å². The maximum Gasteiger partial charge on any atom is 0.251 e. The average Bonchev–Trinajstić information content (AvgIpc) is 2.15. The minimum Gasteiger partial charge on any atom is -0.347 e. The number of amides is 1. The van der Waals surface area contributed by atoms with Crippen LogP contribution in [0.2, 0.25) is 0 Å². The van der Waals surface area contributed by atoms with Gasteiger partial charge in [-0.15, -0.1) is 0 Å². The van der Waals surface area contributed by atoms with Crippen molar-refractivity contribution in [2.45, 2.75) is 31.6 Å². The highest BCUT2D eigenvalue weighted by Gasteiger charge is 2.14. The number of carbonyl (C=O) groups excluding carboxylic acids is 1. The second-order valence-electron chi connectivity index (χ2n) is 4.54. The van der Waals surface area contributed by atoms with Crippen molar-refractivity contribution in [1.82, 2.24) is 5.32 Å². The van der Waals surface area contributed by atoms with Gasteiger partial charge in [0.2, 0.25) is 0 Å². The summed E-state index contributed by atoms with van der Waals surface area (Å²) in [6.45, 7) is 5.91. The van der Waals surface area contributed by atoms with Crippen LogP contribution in [0.3, 0.4) is 0 Å². The van der Waals surface area contributed by atoms with Crippen molar-refractivity contribution in [3.05, 3.63) is 35.4 Å². The van der Waals surface area contributed by atoms with Gasteiger partial charge in [0.15, 0.2) is 0 Å². The Morgan fingerprint density at radius 1 is 1.40 bits per heavy atom. The second-order valence-corrected chi connectivity index (χ2v) is 5.10. The largest absolute Gasteiger partial charge is 0.347 e. The van der Waals surface area contributed by atoms with Crippen LogP contribution in [0, 0.1) is 0 Å². The van der Waals surface area contributed by atoms with Crippen LogP contribution in [0.1, 0.15) is 36.7 Å². The number of rotatable bonds is 2. The Morgan fingerprint density at radius 2 is 2.07 bits per heavy atom. The topological polar surface area (TPSA) is 29.1 Å². The zero-order valence-corrected chi connectivity index (χ0v) is 10.9. The van der Waals surface area contributed by atoms with Crippen LogP contribution in [0.5, 0.6) is 0 Å². The minimum atomic E-state index is -0.193. The van der Waals surface area contributed by atoms with Crippen molar-refractivity contribution in [3.63, 3.8) is 0 Å². The number of benzene rings is 1.